The second kappa shape index (κ2) is 7.01. The molecule has 0 aliphatic carbocycles. The lowest BCUT2D eigenvalue weighted by Gasteiger charge is -2.09. The van der Waals surface area contributed by atoms with Gasteiger partial charge in [-0.2, -0.15) is 0 Å². The Kier molecular flexibility index (Phi) is 4.81. The van der Waals surface area contributed by atoms with Gasteiger partial charge in [-0.15, -0.1) is 0 Å². The van der Waals surface area contributed by atoms with E-state index >= 15 is 0 Å². The molecule has 3 rings (SSSR count). The van der Waals surface area contributed by atoms with Crippen LogP contribution < -0.4 is 4.74 Å². The predicted molar refractivity (Wildman–Crippen MR) is 97.0 cm³/mol. The second-order valence-corrected chi connectivity index (χ2v) is 6.49. The molecule has 0 N–H and O–H groups in total. The number of esters is 1. The van der Waals surface area contributed by atoms with Crippen molar-refractivity contribution in [2.75, 3.05) is 0 Å². The first-order chi connectivity index (χ1) is 11.5. The zero-order valence-corrected chi connectivity index (χ0v) is 14.9. The third-order valence-corrected chi connectivity index (χ3v) is 3.80. The number of nitrogens with zero attached hydrogens (tertiary/aromatic N) is 1. The maximum absolute atomic E-state index is 12.0. The van der Waals surface area contributed by atoms with Gasteiger partial charge in [0.05, 0.1) is 6.10 Å². The van der Waals surface area contributed by atoms with E-state index in [0.29, 0.717) is 5.90 Å². The van der Waals surface area contributed by atoms with Crippen molar-refractivity contribution in [2.45, 2.75) is 20.0 Å². The minimum Gasteiger partial charge on any atom is -0.491 e. The van der Waals surface area contributed by atoms with Gasteiger partial charge in [-0.3, -0.25) is 0 Å². The number of hydrogen-bond donors (Lipinski definition) is 0. The summed E-state index contributed by atoms with van der Waals surface area (Å²) in [5.41, 5.74) is 1.90. The van der Waals surface area contributed by atoms with Gasteiger partial charge >= 0.3 is 5.97 Å². The van der Waals surface area contributed by atoms with Crippen LogP contribution >= 0.6 is 15.9 Å². The van der Waals surface area contributed by atoms with Crippen LogP contribution in [0.2, 0.25) is 0 Å². The van der Waals surface area contributed by atoms with Crippen molar-refractivity contribution < 1.29 is 14.3 Å². The van der Waals surface area contributed by atoms with E-state index in [-0.39, 0.29) is 11.8 Å². The Morgan fingerprint density at radius 1 is 1.08 bits per heavy atom. The van der Waals surface area contributed by atoms with Gasteiger partial charge < -0.3 is 9.47 Å². The van der Waals surface area contributed by atoms with E-state index < -0.39 is 5.97 Å². The summed E-state index contributed by atoms with van der Waals surface area (Å²) < 4.78 is 11.8. The van der Waals surface area contributed by atoms with Crippen LogP contribution in [0, 0.1) is 0 Å². The maximum atomic E-state index is 12.0. The number of rotatable bonds is 4. The number of carbonyl (C=O) groups is 1. The summed E-state index contributed by atoms with van der Waals surface area (Å²) in [6.07, 6.45) is 1.82. The summed E-state index contributed by atoms with van der Waals surface area (Å²) >= 11 is 3.37. The summed E-state index contributed by atoms with van der Waals surface area (Å²) in [4.78, 5) is 16.3. The molecule has 0 spiro atoms. The second-order valence-electron chi connectivity index (χ2n) is 5.58. The van der Waals surface area contributed by atoms with E-state index in [1.165, 1.54) is 0 Å². The monoisotopic (exact) mass is 385 g/mol. The smallest absolute Gasteiger partial charge is 0.363 e. The van der Waals surface area contributed by atoms with Crippen LogP contribution in [0.3, 0.4) is 0 Å². The molecule has 122 valence electrons. The Hall–Kier alpha value is -2.40. The Morgan fingerprint density at radius 3 is 2.38 bits per heavy atom. The van der Waals surface area contributed by atoms with Crippen molar-refractivity contribution in [3.8, 4) is 5.75 Å². The number of ether oxygens (including phenoxy) is 2. The van der Waals surface area contributed by atoms with Crippen LogP contribution in [0.4, 0.5) is 0 Å². The highest BCUT2D eigenvalue weighted by Gasteiger charge is 2.24. The normalized spacial score (nSPS) is 15.6. The molecule has 2 aromatic carbocycles. The van der Waals surface area contributed by atoms with Gasteiger partial charge in [0.25, 0.3) is 0 Å². The molecule has 0 fully saturated rings. The molecule has 5 heteroatoms. The van der Waals surface area contributed by atoms with Crippen molar-refractivity contribution in [1.29, 1.82) is 0 Å². The molecule has 0 saturated heterocycles. The minimum absolute atomic E-state index is 0.122. The SMILES string of the molecule is CC(C)Oc1ccc(/C=C2\N=C(c3ccc(Br)cc3)OC2=O)cc1. The van der Waals surface area contributed by atoms with E-state index in [4.69, 9.17) is 9.47 Å². The highest BCUT2D eigenvalue weighted by atomic mass is 79.9. The van der Waals surface area contributed by atoms with Gasteiger partial charge in [-0.25, -0.2) is 9.79 Å². The quantitative estimate of drug-likeness (QED) is 0.571. The standard InChI is InChI=1S/C19H16BrNO3/c1-12(2)23-16-9-3-13(4-10-16)11-17-19(22)24-18(21-17)14-5-7-15(20)8-6-14/h3-12H,1-2H3/b17-11-. The first-order valence-electron chi connectivity index (χ1n) is 7.56. The molecule has 0 radical (unpaired) electrons. The van der Waals surface area contributed by atoms with Crippen molar-refractivity contribution in [3.05, 3.63) is 69.8 Å². The summed E-state index contributed by atoms with van der Waals surface area (Å²) in [5, 5.41) is 0. The first kappa shape index (κ1) is 16.5. The fourth-order valence-corrected chi connectivity index (χ4v) is 2.46. The lowest BCUT2D eigenvalue weighted by atomic mass is 10.2. The molecule has 0 aromatic heterocycles. The van der Waals surface area contributed by atoms with E-state index in [9.17, 15) is 4.79 Å². The highest BCUT2D eigenvalue weighted by Crippen LogP contribution is 2.21. The molecule has 1 aliphatic heterocycles. The molecule has 0 bridgehead atoms. The van der Waals surface area contributed by atoms with Gasteiger partial charge in [0.15, 0.2) is 5.70 Å². The average Bonchev–Trinajstić information content (AvgIpc) is 2.90. The number of halogens is 1. The van der Waals surface area contributed by atoms with Gasteiger partial charge in [0.1, 0.15) is 5.75 Å². The fourth-order valence-electron chi connectivity index (χ4n) is 2.20. The van der Waals surface area contributed by atoms with Crippen LogP contribution in [-0.2, 0) is 9.53 Å². The zero-order valence-electron chi connectivity index (χ0n) is 13.3. The molecule has 0 amide bonds. The van der Waals surface area contributed by atoms with Crippen molar-refractivity contribution in [3.63, 3.8) is 0 Å². The van der Waals surface area contributed by atoms with Crippen LogP contribution in [0.25, 0.3) is 6.08 Å². The molecule has 0 saturated carbocycles. The molecule has 2 aromatic rings. The molecule has 1 aliphatic rings. The van der Waals surface area contributed by atoms with E-state index in [2.05, 4.69) is 20.9 Å². The van der Waals surface area contributed by atoms with Gasteiger partial charge in [-0.05, 0) is 61.9 Å². The van der Waals surface area contributed by atoms with Gasteiger partial charge in [0.2, 0.25) is 5.90 Å². The predicted octanol–water partition coefficient (Wildman–Crippen LogP) is 4.58. The fraction of sp³-hybridized carbons (Fsp3) is 0.158. The molecular weight excluding hydrogens is 370 g/mol. The average molecular weight is 386 g/mol. The molecule has 0 atom stereocenters. The Morgan fingerprint density at radius 2 is 1.75 bits per heavy atom. The topological polar surface area (TPSA) is 47.9 Å². The van der Waals surface area contributed by atoms with Crippen molar-refractivity contribution >= 4 is 33.9 Å². The van der Waals surface area contributed by atoms with Crippen molar-refractivity contribution in [1.82, 2.24) is 0 Å². The van der Waals surface area contributed by atoms with Crippen LogP contribution in [0.5, 0.6) is 5.75 Å². The van der Waals surface area contributed by atoms with Crippen LogP contribution in [0.1, 0.15) is 25.0 Å². The van der Waals surface area contributed by atoms with Crippen LogP contribution in [-0.4, -0.2) is 18.0 Å². The molecule has 24 heavy (non-hydrogen) atoms. The number of aliphatic imine (C=N–C) groups is 1. The Balaban J connectivity index is 1.81. The Bertz CT molecular complexity index is 806. The minimum atomic E-state index is -0.449. The lowest BCUT2D eigenvalue weighted by molar-refractivity contribution is -0.129. The number of cyclic esters (lactones) is 1. The highest BCUT2D eigenvalue weighted by molar-refractivity contribution is 9.10. The third kappa shape index (κ3) is 3.92. The lowest BCUT2D eigenvalue weighted by Crippen LogP contribution is -2.05. The number of hydrogen-bond acceptors (Lipinski definition) is 4. The zero-order chi connectivity index (χ0) is 17.1. The maximum Gasteiger partial charge on any atom is 0.363 e. The van der Waals surface area contributed by atoms with Gasteiger partial charge in [0, 0.05) is 10.0 Å². The third-order valence-electron chi connectivity index (χ3n) is 3.27. The number of carbonyl (C=O) groups excluding carboxylic acids is 1. The first-order valence-corrected chi connectivity index (χ1v) is 8.36. The molecule has 0 unspecified atom stereocenters. The summed E-state index contributed by atoms with van der Waals surface area (Å²) in [5.74, 6) is 0.661. The van der Waals surface area contributed by atoms with Crippen LogP contribution in [0.15, 0.2) is 63.7 Å². The van der Waals surface area contributed by atoms with E-state index in [1.54, 1.807) is 6.08 Å². The van der Waals surface area contributed by atoms with E-state index in [1.807, 2.05) is 62.4 Å². The molecule has 4 nitrogen and oxygen atoms in total. The molecule has 1 heterocycles. The summed E-state index contributed by atoms with van der Waals surface area (Å²) in [6, 6.07) is 14.9. The largest absolute Gasteiger partial charge is 0.491 e. The summed E-state index contributed by atoms with van der Waals surface area (Å²) in [7, 11) is 0. The van der Waals surface area contributed by atoms with E-state index in [0.717, 1.165) is 21.3 Å². The number of benzene rings is 2. The Labute approximate surface area is 148 Å². The van der Waals surface area contributed by atoms with Gasteiger partial charge in [-0.1, -0.05) is 28.1 Å². The molecular formula is C19H16BrNO3. The van der Waals surface area contributed by atoms with Crippen molar-refractivity contribution in [2.24, 2.45) is 4.99 Å². The summed E-state index contributed by atoms with van der Waals surface area (Å²) in [6.45, 7) is 3.95.